The van der Waals surface area contributed by atoms with E-state index in [0.717, 1.165) is 24.4 Å². The number of halogens is 1. The molecule has 0 atom stereocenters. The summed E-state index contributed by atoms with van der Waals surface area (Å²) in [6, 6.07) is 6.11. The van der Waals surface area contributed by atoms with Gasteiger partial charge in [0.25, 0.3) is 0 Å². The van der Waals surface area contributed by atoms with Gasteiger partial charge in [0.1, 0.15) is 18.2 Å². The number of anilines is 1. The molecule has 2 rings (SSSR count). The number of hydrogen-bond acceptors (Lipinski definition) is 3. The minimum Gasteiger partial charge on any atom is -0.485 e. The first-order valence-electron chi connectivity index (χ1n) is 6.37. The number of nitrogen functional groups attached to an aromatic ring is 1. The first-order valence-corrected chi connectivity index (χ1v) is 6.37. The lowest BCUT2D eigenvalue weighted by Crippen LogP contribution is -2.07. The van der Waals surface area contributed by atoms with Gasteiger partial charge in [-0.25, -0.2) is 4.39 Å². The van der Waals surface area contributed by atoms with Gasteiger partial charge in [-0.2, -0.15) is 5.10 Å². The van der Waals surface area contributed by atoms with Crippen LogP contribution in [0.3, 0.4) is 0 Å². The highest BCUT2D eigenvalue weighted by molar-refractivity contribution is 5.52. The maximum Gasteiger partial charge on any atom is 0.145 e. The highest BCUT2D eigenvalue weighted by Crippen LogP contribution is 2.23. The molecule has 0 saturated carbocycles. The van der Waals surface area contributed by atoms with Crippen LogP contribution in [0.25, 0.3) is 0 Å². The number of aromatic nitrogens is 2. The summed E-state index contributed by atoms with van der Waals surface area (Å²) in [7, 11) is 0. The molecule has 0 radical (unpaired) electrons. The number of benzene rings is 1. The Hall–Kier alpha value is -2.04. The molecule has 1 aromatic heterocycles. The quantitative estimate of drug-likeness (QED) is 0.844. The zero-order chi connectivity index (χ0) is 13.8. The van der Waals surface area contributed by atoms with Gasteiger partial charge in [-0.05, 0) is 31.5 Å². The van der Waals surface area contributed by atoms with Gasteiger partial charge in [0.2, 0.25) is 0 Å². The highest BCUT2D eigenvalue weighted by Gasteiger charge is 2.08. The summed E-state index contributed by atoms with van der Waals surface area (Å²) in [5.74, 6) is 0.00403. The minimum atomic E-state index is -0.359. The fraction of sp³-hybridized carbons (Fsp3) is 0.357. The van der Waals surface area contributed by atoms with E-state index in [1.54, 1.807) is 0 Å². The zero-order valence-electron chi connectivity index (χ0n) is 11.2. The van der Waals surface area contributed by atoms with Crippen LogP contribution in [0.5, 0.6) is 5.75 Å². The molecule has 0 spiro atoms. The van der Waals surface area contributed by atoms with Crippen molar-refractivity contribution in [3.05, 3.63) is 41.5 Å². The van der Waals surface area contributed by atoms with Gasteiger partial charge >= 0.3 is 0 Å². The normalized spacial score (nSPS) is 10.7. The van der Waals surface area contributed by atoms with Gasteiger partial charge in [-0.1, -0.05) is 6.92 Å². The van der Waals surface area contributed by atoms with E-state index in [0.29, 0.717) is 18.0 Å². The molecule has 0 aliphatic heterocycles. The second kappa shape index (κ2) is 5.73. The molecule has 2 aromatic rings. The lowest BCUT2D eigenvalue weighted by atomic mass is 10.3. The fourth-order valence-electron chi connectivity index (χ4n) is 1.86. The average molecular weight is 263 g/mol. The summed E-state index contributed by atoms with van der Waals surface area (Å²) in [4.78, 5) is 0. The van der Waals surface area contributed by atoms with E-state index >= 15 is 0 Å². The van der Waals surface area contributed by atoms with Crippen molar-refractivity contribution in [3.63, 3.8) is 0 Å². The molecule has 5 heteroatoms. The van der Waals surface area contributed by atoms with E-state index in [1.807, 2.05) is 17.7 Å². The Morgan fingerprint density at radius 1 is 1.32 bits per heavy atom. The van der Waals surface area contributed by atoms with Crippen molar-refractivity contribution < 1.29 is 9.13 Å². The number of rotatable bonds is 5. The van der Waals surface area contributed by atoms with E-state index in [1.165, 1.54) is 18.2 Å². The van der Waals surface area contributed by atoms with Gasteiger partial charge in [-0.15, -0.1) is 0 Å². The molecule has 102 valence electrons. The van der Waals surface area contributed by atoms with Crippen molar-refractivity contribution >= 4 is 5.69 Å². The number of nitrogens with zero attached hydrogens (tertiary/aromatic N) is 2. The van der Waals surface area contributed by atoms with Crippen molar-refractivity contribution in [2.24, 2.45) is 0 Å². The van der Waals surface area contributed by atoms with Crippen LogP contribution in [0.2, 0.25) is 0 Å². The van der Waals surface area contributed by atoms with Crippen molar-refractivity contribution in [2.45, 2.75) is 33.4 Å². The van der Waals surface area contributed by atoms with Gasteiger partial charge in [-0.3, -0.25) is 4.68 Å². The third-order valence-corrected chi connectivity index (χ3v) is 2.93. The molecule has 19 heavy (non-hydrogen) atoms. The lowest BCUT2D eigenvalue weighted by molar-refractivity contribution is 0.292. The predicted octanol–water partition coefficient (Wildman–Crippen LogP) is 2.77. The molecule has 0 aliphatic rings. The number of aryl methyl sites for hydroxylation is 2. The Morgan fingerprint density at radius 3 is 2.79 bits per heavy atom. The zero-order valence-corrected chi connectivity index (χ0v) is 11.2. The highest BCUT2D eigenvalue weighted by atomic mass is 19.1. The number of ether oxygens (including phenoxy) is 1. The Bertz CT molecular complexity index is 566. The molecule has 2 N–H and O–H groups in total. The predicted molar refractivity (Wildman–Crippen MR) is 72.4 cm³/mol. The van der Waals surface area contributed by atoms with Crippen LogP contribution in [0, 0.1) is 5.82 Å². The molecule has 0 bridgehead atoms. The summed E-state index contributed by atoms with van der Waals surface area (Å²) in [6.45, 7) is 5.18. The topological polar surface area (TPSA) is 53.1 Å². The SMILES string of the molecule is CCc1cc(COc2cc(F)ccc2N)n(CC)n1. The molecular weight excluding hydrogens is 245 g/mol. The van der Waals surface area contributed by atoms with Crippen molar-refractivity contribution in [1.29, 1.82) is 0 Å². The van der Waals surface area contributed by atoms with E-state index in [4.69, 9.17) is 10.5 Å². The van der Waals surface area contributed by atoms with Crippen molar-refractivity contribution in [1.82, 2.24) is 9.78 Å². The van der Waals surface area contributed by atoms with Crippen molar-refractivity contribution in [2.75, 3.05) is 5.73 Å². The van der Waals surface area contributed by atoms with Gasteiger partial charge < -0.3 is 10.5 Å². The lowest BCUT2D eigenvalue weighted by Gasteiger charge is -2.09. The molecule has 0 unspecified atom stereocenters. The molecule has 4 nitrogen and oxygen atoms in total. The number of hydrogen-bond donors (Lipinski definition) is 1. The van der Waals surface area contributed by atoms with Gasteiger partial charge in [0.05, 0.1) is 17.1 Å². The third-order valence-electron chi connectivity index (χ3n) is 2.93. The molecule has 0 aliphatic carbocycles. The van der Waals surface area contributed by atoms with E-state index in [-0.39, 0.29) is 5.82 Å². The smallest absolute Gasteiger partial charge is 0.145 e. The van der Waals surface area contributed by atoms with Crippen LogP contribution < -0.4 is 10.5 Å². The maximum absolute atomic E-state index is 13.1. The summed E-state index contributed by atoms with van der Waals surface area (Å²) < 4.78 is 20.6. The molecule has 0 amide bonds. The molecule has 0 fully saturated rings. The summed E-state index contributed by atoms with van der Waals surface area (Å²) in [5.41, 5.74) is 8.15. The van der Waals surface area contributed by atoms with Crippen LogP contribution in [0.1, 0.15) is 25.2 Å². The van der Waals surface area contributed by atoms with Gasteiger partial charge in [0.15, 0.2) is 0 Å². The van der Waals surface area contributed by atoms with Crippen LogP contribution in [0.4, 0.5) is 10.1 Å². The van der Waals surface area contributed by atoms with Crippen LogP contribution in [-0.2, 0) is 19.6 Å². The monoisotopic (exact) mass is 263 g/mol. The Kier molecular flexibility index (Phi) is 4.04. The van der Waals surface area contributed by atoms with E-state index in [9.17, 15) is 4.39 Å². The molecule has 1 aromatic carbocycles. The summed E-state index contributed by atoms with van der Waals surface area (Å²) >= 11 is 0. The van der Waals surface area contributed by atoms with Gasteiger partial charge in [0, 0.05) is 12.6 Å². The second-order valence-corrected chi connectivity index (χ2v) is 4.27. The molecule has 1 heterocycles. The Balaban J connectivity index is 2.13. The largest absolute Gasteiger partial charge is 0.485 e. The standard InChI is InChI=1S/C14H18FN3O/c1-3-11-8-12(18(4-2)17-11)9-19-14-7-10(15)5-6-13(14)16/h5-8H,3-4,9,16H2,1-2H3. The summed E-state index contributed by atoms with van der Waals surface area (Å²) in [6.07, 6.45) is 0.877. The molecule has 0 saturated heterocycles. The maximum atomic E-state index is 13.1. The fourth-order valence-corrected chi connectivity index (χ4v) is 1.86. The van der Waals surface area contributed by atoms with E-state index < -0.39 is 0 Å². The van der Waals surface area contributed by atoms with Crippen LogP contribution >= 0.6 is 0 Å². The first-order chi connectivity index (χ1) is 9.13. The Morgan fingerprint density at radius 2 is 2.11 bits per heavy atom. The molecular formula is C14H18FN3O. The van der Waals surface area contributed by atoms with Crippen LogP contribution in [0.15, 0.2) is 24.3 Å². The first kappa shape index (κ1) is 13.4. The minimum absolute atomic E-state index is 0.328. The van der Waals surface area contributed by atoms with Crippen molar-refractivity contribution in [3.8, 4) is 5.75 Å². The number of nitrogens with two attached hydrogens (primary N) is 1. The van der Waals surface area contributed by atoms with E-state index in [2.05, 4.69) is 12.0 Å². The summed E-state index contributed by atoms with van der Waals surface area (Å²) in [5, 5.41) is 4.43. The Labute approximate surface area is 112 Å². The third kappa shape index (κ3) is 3.05. The van der Waals surface area contributed by atoms with Crippen LogP contribution in [-0.4, -0.2) is 9.78 Å². The average Bonchev–Trinajstić information content (AvgIpc) is 2.82. The second-order valence-electron chi connectivity index (χ2n) is 4.27.